The second-order valence-electron chi connectivity index (χ2n) is 5.22. The second-order valence-corrected chi connectivity index (χ2v) is 5.22. The summed E-state index contributed by atoms with van der Waals surface area (Å²) in [5.41, 5.74) is 5.53. The molecule has 1 heterocycles. The van der Waals surface area contributed by atoms with Gasteiger partial charge in [-0.3, -0.25) is 4.79 Å². The molecule has 17 heavy (non-hydrogen) atoms. The summed E-state index contributed by atoms with van der Waals surface area (Å²) >= 11 is 0. The number of carbonyl (C=O) groups excluding carboxylic acids is 1. The average molecular weight is 242 g/mol. The largest absolute Gasteiger partial charge is 0.370 e. The highest BCUT2D eigenvalue weighted by Gasteiger charge is 2.26. The van der Waals surface area contributed by atoms with E-state index in [1.54, 1.807) is 7.11 Å². The molecule has 0 bridgehead atoms. The van der Waals surface area contributed by atoms with Crippen LogP contribution < -0.4 is 5.73 Å². The van der Waals surface area contributed by atoms with E-state index in [0.717, 1.165) is 31.8 Å². The predicted molar refractivity (Wildman–Crippen MR) is 68.6 cm³/mol. The van der Waals surface area contributed by atoms with E-state index in [1.807, 2.05) is 4.90 Å². The number of likely N-dealkylation sites (tertiary alicyclic amines) is 1. The Morgan fingerprint density at radius 3 is 2.65 bits per heavy atom. The highest BCUT2D eigenvalue weighted by Crippen LogP contribution is 2.24. The molecule has 0 spiro atoms. The molecule has 1 fully saturated rings. The summed E-state index contributed by atoms with van der Waals surface area (Å²) in [6.07, 6.45) is 2.95. The van der Waals surface area contributed by atoms with Gasteiger partial charge in [0.15, 0.2) is 0 Å². The first-order valence-corrected chi connectivity index (χ1v) is 6.61. The number of ether oxygens (including phenoxy) is 1. The highest BCUT2D eigenvalue weighted by atomic mass is 16.5. The van der Waals surface area contributed by atoms with Crippen LogP contribution in [0.4, 0.5) is 0 Å². The van der Waals surface area contributed by atoms with Gasteiger partial charge in [0.25, 0.3) is 5.91 Å². The predicted octanol–water partition coefficient (Wildman–Crippen LogP) is 1.24. The van der Waals surface area contributed by atoms with Crippen molar-refractivity contribution in [2.45, 2.75) is 39.2 Å². The standard InChI is InChI=1S/C13H26N2O2/c1-10(2)11-5-4-7-15(8-6-11)13(16)12(9-14)17-3/h10-12H,4-9,14H2,1-3H3. The third-order valence-corrected chi connectivity index (χ3v) is 3.80. The fourth-order valence-corrected chi connectivity index (χ4v) is 2.51. The Bertz CT molecular complexity index is 240. The minimum absolute atomic E-state index is 0.0550. The molecule has 1 rings (SSSR count). The van der Waals surface area contributed by atoms with Crippen molar-refractivity contribution in [2.24, 2.45) is 17.6 Å². The second kappa shape index (κ2) is 6.97. The van der Waals surface area contributed by atoms with E-state index in [9.17, 15) is 4.79 Å². The van der Waals surface area contributed by atoms with Gasteiger partial charge in [-0.25, -0.2) is 0 Å². The molecule has 100 valence electrons. The minimum atomic E-state index is -0.467. The minimum Gasteiger partial charge on any atom is -0.370 e. The van der Waals surface area contributed by atoms with Gasteiger partial charge in [0.1, 0.15) is 6.10 Å². The van der Waals surface area contributed by atoms with Gasteiger partial charge in [-0.05, 0) is 31.1 Å². The molecule has 2 atom stereocenters. The molecule has 1 amide bonds. The summed E-state index contributed by atoms with van der Waals surface area (Å²) in [7, 11) is 1.55. The molecular weight excluding hydrogens is 216 g/mol. The molecule has 4 heteroatoms. The summed E-state index contributed by atoms with van der Waals surface area (Å²) in [5.74, 6) is 1.50. The van der Waals surface area contributed by atoms with Crippen LogP contribution >= 0.6 is 0 Å². The summed E-state index contributed by atoms with van der Waals surface area (Å²) in [4.78, 5) is 14.0. The van der Waals surface area contributed by atoms with Crippen LogP contribution in [0, 0.1) is 11.8 Å². The molecule has 0 aromatic rings. The Hall–Kier alpha value is -0.610. The molecule has 1 saturated heterocycles. The average Bonchev–Trinajstić information content (AvgIpc) is 2.55. The first-order valence-electron chi connectivity index (χ1n) is 6.61. The SMILES string of the molecule is COC(CN)C(=O)N1CCCC(C(C)C)CC1. The van der Waals surface area contributed by atoms with Crippen LogP contribution in [0.25, 0.3) is 0 Å². The molecule has 2 unspecified atom stereocenters. The van der Waals surface area contributed by atoms with Crippen LogP contribution in [0.2, 0.25) is 0 Å². The van der Waals surface area contributed by atoms with Crippen molar-refractivity contribution < 1.29 is 9.53 Å². The molecular formula is C13H26N2O2. The lowest BCUT2D eigenvalue weighted by molar-refractivity contribution is -0.141. The number of nitrogens with two attached hydrogens (primary N) is 1. The van der Waals surface area contributed by atoms with Crippen LogP contribution in [-0.4, -0.2) is 43.7 Å². The van der Waals surface area contributed by atoms with Crippen LogP contribution in [0.1, 0.15) is 33.1 Å². The zero-order valence-corrected chi connectivity index (χ0v) is 11.3. The van der Waals surface area contributed by atoms with E-state index >= 15 is 0 Å². The summed E-state index contributed by atoms with van der Waals surface area (Å²) in [6, 6.07) is 0. The number of carbonyl (C=O) groups is 1. The van der Waals surface area contributed by atoms with Gasteiger partial charge in [-0.15, -0.1) is 0 Å². The fourth-order valence-electron chi connectivity index (χ4n) is 2.51. The van der Waals surface area contributed by atoms with Crippen molar-refractivity contribution in [2.75, 3.05) is 26.7 Å². The van der Waals surface area contributed by atoms with Gasteiger partial charge >= 0.3 is 0 Å². The summed E-state index contributed by atoms with van der Waals surface area (Å²) < 4.78 is 5.11. The molecule has 4 nitrogen and oxygen atoms in total. The third kappa shape index (κ3) is 3.96. The molecule has 0 aromatic heterocycles. The number of hydrogen-bond donors (Lipinski definition) is 1. The van der Waals surface area contributed by atoms with Gasteiger partial charge in [0.05, 0.1) is 0 Å². The maximum absolute atomic E-state index is 12.1. The fraction of sp³-hybridized carbons (Fsp3) is 0.923. The molecule has 0 aliphatic carbocycles. The van der Waals surface area contributed by atoms with Crippen molar-refractivity contribution in [3.05, 3.63) is 0 Å². The van der Waals surface area contributed by atoms with Crippen molar-refractivity contribution in [1.29, 1.82) is 0 Å². The lowest BCUT2D eigenvalue weighted by Gasteiger charge is -2.25. The topological polar surface area (TPSA) is 55.6 Å². The van der Waals surface area contributed by atoms with Gasteiger partial charge in [0.2, 0.25) is 0 Å². The number of rotatable bonds is 4. The monoisotopic (exact) mass is 242 g/mol. The van der Waals surface area contributed by atoms with Gasteiger partial charge in [-0.2, -0.15) is 0 Å². The molecule has 2 N–H and O–H groups in total. The lowest BCUT2D eigenvalue weighted by Crippen LogP contribution is -2.44. The maximum atomic E-state index is 12.1. The summed E-state index contributed by atoms with van der Waals surface area (Å²) in [5, 5.41) is 0. The number of methoxy groups -OCH3 is 1. The molecule has 0 radical (unpaired) electrons. The van der Waals surface area contributed by atoms with Crippen LogP contribution in [0.5, 0.6) is 0 Å². The van der Waals surface area contributed by atoms with E-state index in [1.165, 1.54) is 6.42 Å². The van der Waals surface area contributed by atoms with Crippen LogP contribution in [0.15, 0.2) is 0 Å². The lowest BCUT2D eigenvalue weighted by atomic mass is 9.89. The van der Waals surface area contributed by atoms with E-state index in [4.69, 9.17) is 10.5 Å². The van der Waals surface area contributed by atoms with Crippen molar-refractivity contribution in [3.8, 4) is 0 Å². The van der Waals surface area contributed by atoms with Gasteiger partial charge in [-0.1, -0.05) is 13.8 Å². The highest BCUT2D eigenvalue weighted by molar-refractivity contribution is 5.81. The third-order valence-electron chi connectivity index (χ3n) is 3.80. The van der Waals surface area contributed by atoms with E-state index in [-0.39, 0.29) is 12.5 Å². The Morgan fingerprint density at radius 2 is 2.12 bits per heavy atom. The van der Waals surface area contributed by atoms with E-state index < -0.39 is 6.10 Å². The molecule has 0 aromatic carbocycles. The smallest absolute Gasteiger partial charge is 0.253 e. The zero-order chi connectivity index (χ0) is 12.8. The van der Waals surface area contributed by atoms with Gasteiger partial charge in [0, 0.05) is 26.7 Å². The van der Waals surface area contributed by atoms with Crippen LogP contribution in [0.3, 0.4) is 0 Å². The zero-order valence-electron chi connectivity index (χ0n) is 11.3. The summed E-state index contributed by atoms with van der Waals surface area (Å²) in [6.45, 7) is 6.49. The quantitative estimate of drug-likeness (QED) is 0.807. The van der Waals surface area contributed by atoms with Crippen molar-refractivity contribution in [1.82, 2.24) is 4.90 Å². The molecule has 0 saturated carbocycles. The maximum Gasteiger partial charge on any atom is 0.253 e. The van der Waals surface area contributed by atoms with Crippen molar-refractivity contribution in [3.63, 3.8) is 0 Å². The molecule has 1 aliphatic rings. The van der Waals surface area contributed by atoms with Crippen molar-refractivity contribution >= 4 is 5.91 Å². The first kappa shape index (κ1) is 14.5. The Kier molecular flexibility index (Phi) is 5.92. The van der Waals surface area contributed by atoms with E-state index in [0.29, 0.717) is 5.92 Å². The Balaban J connectivity index is 2.53. The Labute approximate surface area is 104 Å². The molecule has 1 aliphatic heterocycles. The van der Waals surface area contributed by atoms with Crippen LogP contribution in [-0.2, 0) is 9.53 Å². The number of nitrogens with zero attached hydrogens (tertiary/aromatic N) is 1. The van der Waals surface area contributed by atoms with E-state index in [2.05, 4.69) is 13.8 Å². The Morgan fingerprint density at radius 1 is 1.41 bits per heavy atom. The normalized spacial score (nSPS) is 23.6. The number of hydrogen-bond acceptors (Lipinski definition) is 3. The first-order chi connectivity index (χ1) is 8.10. The number of amides is 1. The van der Waals surface area contributed by atoms with Gasteiger partial charge < -0.3 is 15.4 Å².